The van der Waals surface area contributed by atoms with Gasteiger partial charge in [0.1, 0.15) is 12.2 Å². The maximum absolute atomic E-state index is 12.4. The van der Waals surface area contributed by atoms with Crippen molar-refractivity contribution in [2.75, 3.05) is 6.54 Å². The maximum Gasteiger partial charge on any atom is 0.223 e. The minimum atomic E-state index is 0.0868. The first-order valence-electron chi connectivity index (χ1n) is 7.94. The Morgan fingerprint density at radius 1 is 1.17 bits per heavy atom. The third-order valence-corrected chi connectivity index (χ3v) is 4.13. The second kappa shape index (κ2) is 6.27. The zero-order valence-electron chi connectivity index (χ0n) is 13.1. The summed E-state index contributed by atoms with van der Waals surface area (Å²) in [5.41, 5.74) is 0.984. The highest BCUT2D eigenvalue weighted by Gasteiger charge is 2.22. The molecule has 0 bridgehead atoms. The molecule has 1 aliphatic rings. The van der Waals surface area contributed by atoms with Crippen molar-refractivity contribution in [3.05, 3.63) is 54.6 Å². The molecule has 1 aliphatic heterocycles. The van der Waals surface area contributed by atoms with Crippen LogP contribution in [0.2, 0.25) is 0 Å². The summed E-state index contributed by atoms with van der Waals surface area (Å²) in [6.07, 6.45) is 4.11. The molecule has 0 N–H and O–H groups in total. The molecule has 7 heteroatoms. The topological polar surface area (TPSA) is 77.0 Å². The summed E-state index contributed by atoms with van der Waals surface area (Å²) in [6.45, 7) is 1.87. The van der Waals surface area contributed by atoms with E-state index in [1.807, 2.05) is 39.9 Å². The molecule has 0 atom stereocenters. The smallest absolute Gasteiger partial charge is 0.223 e. The van der Waals surface area contributed by atoms with Gasteiger partial charge in [0, 0.05) is 24.9 Å². The standard InChI is InChI=1S/C17H17N5O2/c23-17(21-8-9-22-15(11-21)19-12-20-22)7-6-16-18-10-14(24-16)13-4-2-1-3-5-13/h1-5,10,12H,6-9,11H2. The van der Waals surface area contributed by atoms with Crippen LogP contribution in [0.15, 0.2) is 47.3 Å². The summed E-state index contributed by atoms with van der Waals surface area (Å²) < 4.78 is 7.58. The van der Waals surface area contributed by atoms with Gasteiger partial charge in [-0.3, -0.25) is 4.79 Å². The number of rotatable bonds is 4. The van der Waals surface area contributed by atoms with Crippen LogP contribution < -0.4 is 0 Å². The zero-order valence-corrected chi connectivity index (χ0v) is 13.1. The van der Waals surface area contributed by atoms with Gasteiger partial charge in [0.15, 0.2) is 11.7 Å². The molecular formula is C17H17N5O2. The average molecular weight is 323 g/mol. The molecule has 7 nitrogen and oxygen atoms in total. The van der Waals surface area contributed by atoms with Crippen molar-refractivity contribution in [3.63, 3.8) is 0 Å². The van der Waals surface area contributed by atoms with Gasteiger partial charge in [-0.25, -0.2) is 14.6 Å². The van der Waals surface area contributed by atoms with Crippen LogP contribution in [0.1, 0.15) is 18.1 Å². The van der Waals surface area contributed by atoms with E-state index >= 15 is 0 Å². The summed E-state index contributed by atoms with van der Waals surface area (Å²) in [5.74, 6) is 2.23. The van der Waals surface area contributed by atoms with Gasteiger partial charge in [0.25, 0.3) is 0 Å². The van der Waals surface area contributed by atoms with Crippen LogP contribution in [0.4, 0.5) is 0 Å². The van der Waals surface area contributed by atoms with E-state index in [1.54, 1.807) is 6.20 Å². The fourth-order valence-electron chi connectivity index (χ4n) is 2.81. The minimum absolute atomic E-state index is 0.0868. The van der Waals surface area contributed by atoms with Gasteiger partial charge in [-0.1, -0.05) is 30.3 Å². The first kappa shape index (κ1) is 14.6. The summed E-state index contributed by atoms with van der Waals surface area (Å²) in [4.78, 5) is 22.6. The number of fused-ring (bicyclic) bond motifs is 1. The highest BCUT2D eigenvalue weighted by atomic mass is 16.4. The first-order valence-corrected chi connectivity index (χ1v) is 7.94. The molecule has 0 saturated heterocycles. The van der Waals surface area contributed by atoms with E-state index in [4.69, 9.17) is 4.42 Å². The Kier molecular flexibility index (Phi) is 3.82. The fraction of sp³-hybridized carbons (Fsp3) is 0.294. The Hall–Kier alpha value is -2.96. The van der Waals surface area contributed by atoms with Crippen molar-refractivity contribution in [2.45, 2.75) is 25.9 Å². The van der Waals surface area contributed by atoms with E-state index < -0.39 is 0 Å². The number of oxazole rings is 1. The largest absolute Gasteiger partial charge is 0.441 e. The Morgan fingerprint density at radius 2 is 2.04 bits per heavy atom. The molecule has 24 heavy (non-hydrogen) atoms. The number of aromatic nitrogens is 4. The van der Waals surface area contributed by atoms with Crippen LogP contribution in [-0.2, 0) is 24.3 Å². The van der Waals surface area contributed by atoms with Crippen molar-refractivity contribution < 1.29 is 9.21 Å². The Balaban J connectivity index is 1.36. The lowest BCUT2D eigenvalue weighted by molar-refractivity contribution is -0.132. The van der Waals surface area contributed by atoms with Gasteiger partial charge in [0.05, 0.1) is 19.3 Å². The third kappa shape index (κ3) is 2.92. The van der Waals surface area contributed by atoms with Crippen LogP contribution in [0.5, 0.6) is 0 Å². The number of aryl methyl sites for hydroxylation is 1. The van der Waals surface area contributed by atoms with Gasteiger partial charge >= 0.3 is 0 Å². The zero-order chi connectivity index (χ0) is 16.4. The molecule has 0 aliphatic carbocycles. The number of hydrogen-bond donors (Lipinski definition) is 0. The molecule has 3 aromatic rings. The molecule has 0 fully saturated rings. The van der Waals surface area contributed by atoms with Crippen molar-refractivity contribution in [1.29, 1.82) is 0 Å². The van der Waals surface area contributed by atoms with Gasteiger partial charge in [0.2, 0.25) is 5.91 Å². The Bertz CT molecular complexity index is 840. The Morgan fingerprint density at radius 3 is 2.92 bits per heavy atom. The highest BCUT2D eigenvalue weighted by molar-refractivity contribution is 5.76. The molecule has 0 spiro atoms. The molecule has 1 aromatic carbocycles. The van der Waals surface area contributed by atoms with Crippen LogP contribution in [0, 0.1) is 0 Å². The molecule has 2 aromatic heterocycles. The summed E-state index contributed by atoms with van der Waals surface area (Å²) in [5, 5.41) is 4.12. The molecule has 4 rings (SSSR count). The Labute approximate surface area is 138 Å². The lowest BCUT2D eigenvalue weighted by Crippen LogP contribution is -2.38. The van der Waals surface area contributed by atoms with Crippen molar-refractivity contribution in [1.82, 2.24) is 24.6 Å². The van der Waals surface area contributed by atoms with E-state index in [0.29, 0.717) is 38.4 Å². The molecule has 122 valence electrons. The number of hydrogen-bond acceptors (Lipinski definition) is 5. The van der Waals surface area contributed by atoms with Crippen LogP contribution in [0.3, 0.4) is 0 Å². The quantitative estimate of drug-likeness (QED) is 0.733. The van der Waals surface area contributed by atoms with Crippen LogP contribution in [-0.4, -0.2) is 37.1 Å². The van der Waals surface area contributed by atoms with Gasteiger partial charge < -0.3 is 9.32 Å². The molecule has 1 amide bonds. The maximum atomic E-state index is 12.4. The van der Waals surface area contributed by atoms with E-state index in [1.165, 1.54) is 6.33 Å². The van der Waals surface area contributed by atoms with Gasteiger partial charge in [-0.05, 0) is 0 Å². The van der Waals surface area contributed by atoms with Crippen LogP contribution in [0.25, 0.3) is 11.3 Å². The number of carbonyl (C=O) groups excluding carboxylic acids is 1. The molecule has 3 heterocycles. The molecular weight excluding hydrogens is 306 g/mol. The van der Waals surface area contributed by atoms with Gasteiger partial charge in [-0.15, -0.1) is 0 Å². The number of amides is 1. The fourth-order valence-corrected chi connectivity index (χ4v) is 2.81. The second-order valence-corrected chi connectivity index (χ2v) is 5.70. The van der Waals surface area contributed by atoms with Crippen molar-refractivity contribution >= 4 is 5.91 Å². The van der Waals surface area contributed by atoms with Crippen LogP contribution >= 0.6 is 0 Å². The first-order chi connectivity index (χ1) is 11.8. The normalized spacial score (nSPS) is 13.8. The molecule has 0 radical (unpaired) electrons. The van der Waals surface area contributed by atoms with E-state index in [9.17, 15) is 4.79 Å². The lowest BCUT2D eigenvalue weighted by atomic mass is 10.2. The van der Waals surface area contributed by atoms with E-state index in [2.05, 4.69) is 15.1 Å². The van der Waals surface area contributed by atoms with Gasteiger partial charge in [-0.2, -0.15) is 5.10 Å². The van der Waals surface area contributed by atoms with Crippen molar-refractivity contribution in [3.8, 4) is 11.3 Å². The van der Waals surface area contributed by atoms with Crippen molar-refractivity contribution in [2.24, 2.45) is 0 Å². The van der Waals surface area contributed by atoms with E-state index in [0.717, 1.165) is 17.1 Å². The molecule has 0 saturated carbocycles. The predicted molar refractivity (Wildman–Crippen MR) is 85.7 cm³/mol. The predicted octanol–water partition coefficient (Wildman–Crippen LogP) is 1.91. The monoisotopic (exact) mass is 323 g/mol. The number of benzene rings is 1. The second-order valence-electron chi connectivity index (χ2n) is 5.70. The third-order valence-electron chi connectivity index (χ3n) is 4.13. The summed E-state index contributed by atoms with van der Waals surface area (Å²) in [6, 6.07) is 9.81. The highest BCUT2D eigenvalue weighted by Crippen LogP contribution is 2.20. The molecule has 0 unspecified atom stereocenters. The van der Waals surface area contributed by atoms with E-state index in [-0.39, 0.29) is 5.91 Å². The number of nitrogens with zero attached hydrogens (tertiary/aromatic N) is 5. The number of carbonyl (C=O) groups is 1. The minimum Gasteiger partial charge on any atom is -0.441 e. The summed E-state index contributed by atoms with van der Waals surface area (Å²) in [7, 11) is 0. The SMILES string of the molecule is O=C(CCc1ncc(-c2ccccc2)o1)N1CCn2ncnc2C1. The average Bonchev–Trinajstić information content (AvgIpc) is 3.29. The lowest BCUT2D eigenvalue weighted by Gasteiger charge is -2.26. The summed E-state index contributed by atoms with van der Waals surface area (Å²) >= 11 is 0.